The lowest BCUT2D eigenvalue weighted by molar-refractivity contribution is 0.659. The van der Waals surface area contributed by atoms with Crippen molar-refractivity contribution >= 4 is 0 Å². The molecule has 74 valence electrons. The molecular formula is C12H26. The Kier molecular flexibility index (Phi) is 7.64. The molecule has 0 bridgehead atoms. The van der Waals surface area contributed by atoms with E-state index in [1.165, 1.54) is 38.5 Å². The quantitative estimate of drug-likeness (QED) is 0.576. The molecule has 0 aromatic heterocycles. The molecule has 0 radical (unpaired) electrons. The third-order valence-electron chi connectivity index (χ3n) is 2.64. The maximum atomic E-state index is 2.35. The Bertz CT molecular complexity index is 84.0. The van der Waals surface area contributed by atoms with Gasteiger partial charge in [-0.3, -0.25) is 0 Å². The van der Waals surface area contributed by atoms with E-state index in [0.717, 1.165) is 11.8 Å². The van der Waals surface area contributed by atoms with E-state index < -0.39 is 0 Å². The molecule has 2 unspecified atom stereocenters. The van der Waals surface area contributed by atoms with Crippen LogP contribution in [0.1, 0.15) is 66.2 Å². The largest absolute Gasteiger partial charge is 0.0654 e. The maximum absolute atomic E-state index is 2.35. The second-order valence-corrected chi connectivity index (χ2v) is 4.12. The van der Waals surface area contributed by atoms with Crippen LogP contribution in [0.5, 0.6) is 0 Å². The summed E-state index contributed by atoms with van der Waals surface area (Å²) in [6.07, 6.45) is 8.44. The Labute approximate surface area is 78.8 Å². The van der Waals surface area contributed by atoms with Crippen LogP contribution in [0.15, 0.2) is 0 Å². The molecule has 2 atom stereocenters. The first-order valence-electron chi connectivity index (χ1n) is 5.76. The molecule has 0 saturated heterocycles. The van der Waals surface area contributed by atoms with Gasteiger partial charge >= 0.3 is 0 Å². The first kappa shape index (κ1) is 12.0. The van der Waals surface area contributed by atoms with E-state index in [-0.39, 0.29) is 0 Å². The highest BCUT2D eigenvalue weighted by Gasteiger charge is 2.30. The van der Waals surface area contributed by atoms with Crippen LogP contribution in [-0.2, 0) is 0 Å². The molecule has 1 saturated carbocycles. The Balaban J connectivity index is 0.000000217. The van der Waals surface area contributed by atoms with Gasteiger partial charge in [-0.15, -0.1) is 0 Å². The fourth-order valence-electron chi connectivity index (χ4n) is 1.53. The molecule has 0 heteroatoms. The predicted octanol–water partition coefficient (Wildman–Crippen LogP) is 4.64. The summed E-state index contributed by atoms with van der Waals surface area (Å²) in [5, 5.41) is 0. The third kappa shape index (κ3) is 6.69. The molecule has 1 fully saturated rings. The van der Waals surface area contributed by atoms with Crippen LogP contribution in [-0.4, -0.2) is 0 Å². The summed E-state index contributed by atoms with van der Waals surface area (Å²) < 4.78 is 0. The SMILES string of the molecule is CCCC1CC1C.CCCCC. The minimum absolute atomic E-state index is 1.07. The van der Waals surface area contributed by atoms with Gasteiger partial charge in [-0.05, 0) is 18.3 Å². The summed E-state index contributed by atoms with van der Waals surface area (Å²) in [6.45, 7) is 9.04. The normalized spacial score (nSPS) is 26.0. The molecule has 1 rings (SSSR count). The average Bonchev–Trinajstić information content (AvgIpc) is 2.70. The van der Waals surface area contributed by atoms with Crippen molar-refractivity contribution in [2.45, 2.75) is 66.2 Å². The van der Waals surface area contributed by atoms with Crippen LogP contribution in [0.25, 0.3) is 0 Å². The van der Waals surface area contributed by atoms with Gasteiger partial charge in [-0.25, -0.2) is 0 Å². The molecule has 0 heterocycles. The van der Waals surface area contributed by atoms with Crippen molar-refractivity contribution in [3.8, 4) is 0 Å². The first-order valence-corrected chi connectivity index (χ1v) is 5.76. The molecule has 12 heavy (non-hydrogen) atoms. The van der Waals surface area contributed by atoms with Crippen LogP contribution < -0.4 is 0 Å². The van der Waals surface area contributed by atoms with Crippen LogP contribution in [0.2, 0.25) is 0 Å². The summed E-state index contributed by atoms with van der Waals surface area (Å²) >= 11 is 0. The smallest absolute Gasteiger partial charge is 0.0386 e. The summed E-state index contributed by atoms with van der Waals surface area (Å²) in [6, 6.07) is 0. The molecule has 1 aliphatic rings. The number of unbranched alkanes of at least 4 members (excludes halogenated alkanes) is 2. The zero-order chi connectivity index (χ0) is 9.40. The first-order chi connectivity index (χ1) is 5.76. The van der Waals surface area contributed by atoms with Crippen molar-refractivity contribution < 1.29 is 0 Å². The highest BCUT2D eigenvalue weighted by atomic mass is 14.4. The molecule has 0 aromatic rings. The van der Waals surface area contributed by atoms with E-state index in [2.05, 4.69) is 27.7 Å². The van der Waals surface area contributed by atoms with Gasteiger partial charge in [0.05, 0.1) is 0 Å². The Morgan fingerprint density at radius 1 is 1.00 bits per heavy atom. The van der Waals surface area contributed by atoms with E-state index in [4.69, 9.17) is 0 Å². The fourth-order valence-corrected chi connectivity index (χ4v) is 1.53. The van der Waals surface area contributed by atoms with Crippen molar-refractivity contribution in [1.29, 1.82) is 0 Å². The van der Waals surface area contributed by atoms with Gasteiger partial charge in [0.1, 0.15) is 0 Å². The van der Waals surface area contributed by atoms with Gasteiger partial charge in [0.2, 0.25) is 0 Å². The molecule has 0 N–H and O–H groups in total. The van der Waals surface area contributed by atoms with Gasteiger partial charge in [-0.2, -0.15) is 0 Å². The standard InChI is InChI=1S/C7H14.C5H12/c1-3-4-7-5-6(7)2;1-3-5-4-2/h6-7H,3-5H2,1-2H3;3-5H2,1-2H3. The molecular weight excluding hydrogens is 144 g/mol. The van der Waals surface area contributed by atoms with E-state index in [9.17, 15) is 0 Å². The van der Waals surface area contributed by atoms with E-state index in [1.54, 1.807) is 0 Å². The molecule has 0 aromatic carbocycles. The maximum Gasteiger partial charge on any atom is -0.0386 e. The minimum Gasteiger partial charge on any atom is -0.0654 e. The van der Waals surface area contributed by atoms with Crippen LogP contribution in [0.3, 0.4) is 0 Å². The summed E-state index contributed by atoms with van der Waals surface area (Å²) in [7, 11) is 0. The summed E-state index contributed by atoms with van der Waals surface area (Å²) in [5.41, 5.74) is 0. The predicted molar refractivity (Wildman–Crippen MR) is 57.4 cm³/mol. The van der Waals surface area contributed by atoms with Crippen LogP contribution in [0.4, 0.5) is 0 Å². The summed E-state index contributed by atoms with van der Waals surface area (Å²) in [5.74, 6) is 2.19. The lowest BCUT2D eigenvalue weighted by Gasteiger charge is -1.86. The fraction of sp³-hybridized carbons (Fsp3) is 1.00. The van der Waals surface area contributed by atoms with Crippen LogP contribution in [0, 0.1) is 11.8 Å². The number of hydrogen-bond acceptors (Lipinski definition) is 0. The van der Waals surface area contributed by atoms with Crippen molar-refractivity contribution in [2.75, 3.05) is 0 Å². The third-order valence-corrected chi connectivity index (χ3v) is 2.64. The molecule has 0 amide bonds. The highest BCUT2D eigenvalue weighted by Crippen LogP contribution is 2.40. The van der Waals surface area contributed by atoms with Gasteiger partial charge in [0.15, 0.2) is 0 Å². The lowest BCUT2D eigenvalue weighted by atomic mass is 10.2. The Morgan fingerprint density at radius 2 is 1.50 bits per heavy atom. The summed E-state index contributed by atoms with van der Waals surface area (Å²) in [4.78, 5) is 0. The Hall–Kier alpha value is 0. The van der Waals surface area contributed by atoms with Gasteiger partial charge in [-0.1, -0.05) is 59.8 Å². The Morgan fingerprint density at radius 3 is 1.58 bits per heavy atom. The van der Waals surface area contributed by atoms with Gasteiger partial charge < -0.3 is 0 Å². The van der Waals surface area contributed by atoms with Gasteiger partial charge in [0.25, 0.3) is 0 Å². The zero-order valence-electron chi connectivity index (χ0n) is 9.40. The zero-order valence-corrected chi connectivity index (χ0v) is 9.40. The van der Waals surface area contributed by atoms with Crippen molar-refractivity contribution in [2.24, 2.45) is 11.8 Å². The minimum atomic E-state index is 1.07. The topological polar surface area (TPSA) is 0 Å². The molecule has 1 aliphatic carbocycles. The monoisotopic (exact) mass is 170 g/mol. The van der Waals surface area contributed by atoms with E-state index >= 15 is 0 Å². The molecule has 0 spiro atoms. The molecule has 0 nitrogen and oxygen atoms in total. The second-order valence-electron chi connectivity index (χ2n) is 4.12. The molecule has 0 aliphatic heterocycles. The average molecular weight is 170 g/mol. The van der Waals surface area contributed by atoms with E-state index in [0.29, 0.717) is 0 Å². The number of rotatable bonds is 4. The van der Waals surface area contributed by atoms with Gasteiger partial charge in [0, 0.05) is 0 Å². The van der Waals surface area contributed by atoms with E-state index in [1.807, 2.05) is 0 Å². The van der Waals surface area contributed by atoms with Crippen molar-refractivity contribution in [1.82, 2.24) is 0 Å². The number of hydrogen-bond donors (Lipinski definition) is 0. The van der Waals surface area contributed by atoms with Crippen molar-refractivity contribution in [3.05, 3.63) is 0 Å². The van der Waals surface area contributed by atoms with Crippen LogP contribution >= 0.6 is 0 Å². The van der Waals surface area contributed by atoms with Crippen molar-refractivity contribution in [3.63, 3.8) is 0 Å². The highest BCUT2D eigenvalue weighted by molar-refractivity contribution is 4.81. The second kappa shape index (κ2) is 7.64. The lowest BCUT2D eigenvalue weighted by Crippen LogP contribution is -1.74.